The fourth-order valence-electron chi connectivity index (χ4n) is 2.05. The van der Waals surface area contributed by atoms with Crippen molar-refractivity contribution in [1.82, 2.24) is 20.4 Å². The van der Waals surface area contributed by atoms with Gasteiger partial charge >= 0.3 is 6.03 Å². The highest BCUT2D eigenvalue weighted by molar-refractivity contribution is 5.74. The molecule has 2 rings (SSSR count). The molecule has 0 atom stereocenters. The second-order valence-corrected chi connectivity index (χ2v) is 4.52. The molecule has 1 N–H and O–H groups in total. The van der Waals surface area contributed by atoms with E-state index in [0.29, 0.717) is 24.7 Å². The average molecular weight is 252 g/mol. The molecule has 2 heterocycles. The SMILES string of the molecule is CCc1nc(CNC(=O)N2CCCCCC2)no1. The molecule has 1 saturated heterocycles. The Morgan fingerprint density at radius 3 is 2.67 bits per heavy atom. The molecule has 6 heteroatoms. The number of nitrogens with zero attached hydrogens (tertiary/aromatic N) is 3. The van der Waals surface area contributed by atoms with Crippen LogP contribution in [0.4, 0.5) is 4.79 Å². The Bertz CT molecular complexity index is 383. The maximum atomic E-state index is 11.9. The number of amides is 2. The molecule has 6 nitrogen and oxygen atoms in total. The van der Waals surface area contributed by atoms with E-state index < -0.39 is 0 Å². The van der Waals surface area contributed by atoms with E-state index in [1.807, 2.05) is 11.8 Å². The first-order valence-electron chi connectivity index (χ1n) is 6.64. The Morgan fingerprint density at radius 2 is 2.06 bits per heavy atom. The lowest BCUT2D eigenvalue weighted by Crippen LogP contribution is -2.40. The second kappa shape index (κ2) is 6.37. The smallest absolute Gasteiger partial charge is 0.317 e. The molecule has 1 aromatic heterocycles. The molecule has 2 amide bonds. The van der Waals surface area contributed by atoms with Crippen molar-refractivity contribution in [3.8, 4) is 0 Å². The molecule has 1 aliphatic heterocycles. The second-order valence-electron chi connectivity index (χ2n) is 4.52. The van der Waals surface area contributed by atoms with Crippen LogP contribution in [0.2, 0.25) is 0 Å². The first kappa shape index (κ1) is 12.9. The van der Waals surface area contributed by atoms with Gasteiger partial charge in [-0.3, -0.25) is 0 Å². The zero-order chi connectivity index (χ0) is 12.8. The van der Waals surface area contributed by atoms with Crippen molar-refractivity contribution in [2.24, 2.45) is 0 Å². The molecule has 0 aliphatic carbocycles. The minimum absolute atomic E-state index is 0.0280. The number of nitrogens with one attached hydrogen (secondary N) is 1. The van der Waals surface area contributed by atoms with E-state index in [4.69, 9.17) is 4.52 Å². The number of carbonyl (C=O) groups is 1. The van der Waals surface area contributed by atoms with Gasteiger partial charge in [0.2, 0.25) is 5.89 Å². The molecule has 0 saturated carbocycles. The number of rotatable bonds is 3. The fourth-order valence-corrected chi connectivity index (χ4v) is 2.05. The van der Waals surface area contributed by atoms with Crippen LogP contribution in [0.5, 0.6) is 0 Å². The molecule has 0 spiro atoms. The molecule has 1 aromatic rings. The van der Waals surface area contributed by atoms with Crippen LogP contribution in [0.25, 0.3) is 0 Å². The number of carbonyl (C=O) groups excluding carboxylic acids is 1. The molecule has 0 aromatic carbocycles. The highest BCUT2D eigenvalue weighted by Crippen LogP contribution is 2.09. The van der Waals surface area contributed by atoms with Gasteiger partial charge in [0.1, 0.15) is 0 Å². The van der Waals surface area contributed by atoms with Crippen molar-refractivity contribution in [3.63, 3.8) is 0 Å². The summed E-state index contributed by atoms with van der Waals surface area (Å²) in [6.45, 7) is 3.97. The summed E-state index contributed by atoms with van der Waals surface area (Å²) in [6, 6.07) is -0.0280. The molecular formula is C12H20N4O2. The third kappa shape index (κ3) is 3.45. The summed E-state index contributed by atoms with van der Waals surface area (Å²) in [5, 5.41) is 6.64. The Kier molecular flexibility index (Phi) is 4.55. The van der Waals surface area contributed by atoms with E-state index >= 15 is 0 Å². The lowest BCUT2D eigenvalue weighted by molar-refractivity contribution is 0.199. The van der Waals surface area contributed by atoms with Gasteiger partial charge in [-0.2, -0.15) is 4.98 Å². The summed E-state index contributed by atoms with van der Waals surface area (Å²) >= 11 is 0. The number of likely N-dealkylation sites (tertiary alicyclic amines) is 1. The Balaban J connectivity index is 1.79. The van der Waals surface area contributed by atoms with Crippen LogP contribution in [0.3, 0.4) is 0 Å². The molecule has 0 bridgehead atoms. The van der Waals surface area contributed by atoms with Crippen LogP contribution in [-0.2, 0) is 13.0 Å². The quantitative estimate of drug-likeness (QED) is 0.889. The number of aryl methyl sites for hydroxylation is 1. The van der Waals surface area contributed by atoms with E-state index in [2.05, 4.69) is 15.5 Å². The summed E-state index contributed by atoms with van der Waals surface area (Å²) in [7, 11) is 0. The van der Waals surface area contributed by atoms with Crippen molar-refractivity contribution < 1.29 is 9.32 Å². The lowest BCUT2D eigenvalue weighted by atomic mass is 10.2. The average Bonchev–Trinajstić information content (AvgIpc) is 2.68. The Morgan fingerprint density at radius 1 is 1.33 bits per heavy atom. The molecule has 100 valence electrons. The van der Waals surface area contributed by atoms with Crippen LogP contribution in [-0.4, -0.2) is 34.2 Å². The molecule has 1 fully saturated rings. The van der Waals surface area contributed by atoms with Gasteiger partial charge in [-0.1, -0.05) is 24.9 Å². The van der Waals surface area contributed by atoms with Crippen LogP contribution >= 0.6 is 0 Å². The van der Waals surface area contributed by atoms with Gasteiger partial charge in [0, 0.05) is 19.5 Å². The van der Waals surface area contributed by atoms with E-state index in [0.717, 1.165) is 25.9 Å². The predicted octanol–water partition coefficient (Wildman–Crippen LogP) is 1.72. The summed E-state index contributed by atoms with van der Waals surface area (Å²) in [4.78, 5) is 18.0. The topological polar surface area (TPSA) is 71.3 Å². The van der Waals surface area contributed by atoms with Crippen LogP contribution < -0.4 is 5.32 Å². The van der Waals surface area contributed by atoms with E-state index in [1.54, 1.807) is 0 Å². The zero-order valence-electron chi connectivity index (χ0n) is 10.8. The van der Waals surface area contributed by atoms with Gasteiger partial charge in [-0.25, -0.2) is 4.79 Å². The Hall–Kier alpha value is -1.59. The maximum absolute atomic E-state index is 11.9. The van der Waals surface area contributed by atoms with Crippen LogP contribution in [0.15, 0.2) is 4.52 Å². The number of hydrogen-bond donors (Lipinski definition) is 1. The molecule has 0 unspecified atom stereocenters. The molecular weight excluding hydrogens is 232 g/mol. The zero-order valence-corrected chi connectivity index (χ0v) is 10.8. The highest BCUT2D eigenvalue weighted by atomic mass is 16.5. The van der Waals surface area contributed by atoms with Crippen molar-refractivity contribution >= 4 is 6.03 Å². The van der Waals surface area contributed by atoms with Crippen molar-refractivity contribution in [2.45, 2.75) is 45.6 Å². The fraction of sp³-hybridized carbons (Fsp3) is 0.750. The largest absolute Gasteiger partial charge is 0.339 e. The van der Waals surface area contributed by atoms with Gasteiger partial charge < -0.3 is 14.7 Å². The molecule has 18 heavy (non-hydrogen) atoms. The van der Waals surface area contributed by atoms with Crippen LogP contribution in [0, 0.1) is 0 Å². The minimum atomic E-state index is -0.0280. The maximum Gasteiger partial charge on any atom is 0.317 e. The first-order valence-corrected chi connectivity index (χ1v) is 6.64. The minimum Gasteiger partial charge on any atom is -0.339 e. The van der Waals surface area contributed by atoms with Crippen molar-refractivity contribution in [2.75, 3.05) is 13.1 Å². The standard InChI is InChI=1S/C12H20N4O2/c1-2-11-14-10(15-18-11)9-13-12(17)16-7-5-3-4-6-8-16/h2-9H2,1H3,(H,13,17). The van der Waals surface area contributed by atoms with Gasteiger partial charge in [0.05, 0.1) is 6.54 Å². The van der Waals surface area contributed by atoms with Crippen LogP contribution in [0.1, 0.15) is 44.3 Å². The van der Waals surface area contributed by atoms with Crippen molar-refractivity contribution in [1.29, 1.82) is 0 Å². The molecule has 1 aliphatic rings. The van der Waals surface area contributed by atoms with Gasteiger partial charge in [0.25, 0.3) is 0 Å². The number of hydrogen-bond acceptors (Lipinski definition) is 4. The van der Waals surface area contributed by atoms with Gasteiger partial charge in [-0.15, -0.1) is 0 Å². The Labute approximate surface area is 107 Å². The summed E-state index contributed by atoms with van der Waals surface area (Å²) in [5.74, 6) is 1.14. The summed E-state index contributed by atoms with van der Waals surface area (Å²) in [5.41, 5.74) is 0. The molecule has 0 radical (unpaired) electrons. The number of aromatic nitrogens is 2. The van der Waals surface area contributed by atoms with E-state index in [1.165, 1.54) is 12.8 Å². The summed E-state index contributed by atoms with van der Waals surface area (Å²) < 4.78 is 4.99. The monoisotopic (exact) mass is 252 g/mol. The van der Waals surface area contributed by atoms with Gasteiger partial charge in [-0.05, 0) is 12.8 Å². The van der Waals surface area contributed by atoms with E-state index in [9.17, 15) is 4.79 Å². The normalized spacial score (nSPS) is 16.4. The van der Waals surface area contributed by atoms with Gasteiger partial charge in [0.15, 0.2) is 5.82 Å². The third-order valence-electron chi connectivity index (χ3n) is 3.10. The van der Waals surface area contributed by atoms with E-state index in [-0.39, 0.29) is 6.03 Å². The lowest BCUT2D eigenvalue weighted by Gasteiger charge is -2.20. The third-order valence-corrected chi connectivity index (χ3v) is 3.10. The highest BCUT2D eigenvalue weighted by Gasteiger charge is 2.15. The summed E-state index contributed by atoms with van der Waals surface area (Å²) in [6.07, 6.45) is 5.33. The first-order chi connectivity index (χ1) is 8.79. The number of urea groups is 1. The van der Waals surface area contributed by atoms with Crippen molar-refractivity contribution in [3.05, 3.63) is 11.7 Å². The predicted molar refractivity (Wildman–Crippen MR) is 66.0 cm³/mol.